The minimum Gasteiger partial charge on any atom is -0.473 e. The number of nitrogens with one attached hydrogen (secondary N) is 1. The van der Waals surface area contributed by atoms with Crippen LogP contribution in [0.5, 0.6) is 5.88 Å². The van der Waals surface area contributed by atoms with E-state index in [0.29, 0.717) is 5.88 Å². The number of likely N-dealkylation sites (tertiary alicyclic amines) is 1. The average Bonchev–Trinajstić information content (AvgIpc) is 2.40. The molecule has 2 rings (SSSR count). The molecule has 0 spiro atoms. The van der Waals surface area contributed by atoms with Gasteiger partial charge in [0.05, 0.1) is 11.9 Å². The summed E-state index contributed by atoms with van der Waals surface area (Å²) in [5.74, 6) is 0.653. The van der Waals surface area contributed by atoms with Crippen LogP contribution in [-0.4, -0.2) is 47.7 Å². The van der Waals surface area contributed by atoms with Crippen molar-refractivity contribution in [1.29, 1.82) is 0 Å². The molecule has 0 bridgehead atoms. The van der Waals surface area contributed by atoms with Crippen LogP contribution >= 0.6 is 0 Å². The molecular formula is C13H22N4O. The van der Waals surface area contributed by atoms with Crippen LogP contribution in [0.15, 0.2) is 12.4 Å². The number of rotatable bonds is 5. The maximum absolute atomic E-state index is 5.90. The molecule has 2 heterocycles. The third-order valence-corrected chi connectivity index (χ3v) is 3.17. The summed E-state index contributed by atoms with van der Waals surface area (Å²) in [6, 6.07) is 0. The first-order chi connectivity index (χ1) is 8.78. The van der Waals surface area contributed by atoms with Crippen molar-refractivity contribution < 1.29 is 4.74 Å². The Morgan fingerprint density at radius 1 is 1.39 bits per heavy atom. The van der Waals surface area contributed by atoms with E-state index in [0.717, 1.165) is 44.7 Å². The molecule has 5 heteroatoms. The second-order valence-electron chi connectivity index (χ2n) is 4.75. The molecule has 1 saturated heterocycles. The van der Waals surface area contributed by atoms with E-state index in [4.69, 9.17) is 4.74 Å². The zero-order valence-corrected chi connectivity index (χ0v) is 11.2. The fourth-order valence-electron chi connectivity index (χ4n) is 2.05. The second kappa shape index (κ2) is 6.66. The third-order valence-electron chi connectivity index (χ3n) is 3.17. The van der Waals surface area contributed by atoms with Crippen molar-refractivity contribution in [2.75, 3.05) is 26.7 Å². The highest BCUT2D eigenvalue weighted by Crippen LogP contribution is 2.15. The number of nitrogens with zero attached hydrogens (tertiary/aromatic N) is 3. The van der Waals surface area contributed by atoms with Gasteiger partial charge in [0.15, 0.2) is 0 Å². The predicted molar refractivity (Wildman–Crippen MR) is 70.6 cm³/mol. The van der Waals surface area contributed by atoms with Gasteiger partial charge in [0, 0.05) is 25.8 Å². The van der Waals surface area contributed by atoms with Crippen LogP contribution in [0.1, 0.15) is 25.5 Å². The first-order valence-corrected chi connectivity index (χ1v) is 6.64. The van der Waals surface area contributed by atoms with Gasteiger partial charge < -0.3 is 15.0 Å². The number of piperidine rings is 1. The summed E-state index contributed by atoms with van der Waals surface area (Å²) in [6.07, 6.45) is 5.90. The van der Waals surface area contributed by atoms with E-state index in [1.54, 1.807) is 12.4 Å². The molecule has 0 aliphatic carbocycles. The van der Waals surface area contributed by atoms with E-state index >= 15 is 0 Å². The molecule has 0 saturated carbocycles. The predicted octanol–water partition coefficient (Wildman–Crippen LogP) is 1.06. The van der Waals surface area contributed by atoms with Gasteiger partial charge in [-0.1, -0.05) is 6.92 Å². The van der Waals surface area contributed by atoms with Crippen molar-refractivity contribution in [2.45, 2.75) is 32.4 Å². The van der Waals surface area contributed by atoms with Gasteiger partial charge in [-0.25, -0.2) is 4.98 Å². The van der Waals surface area contributed by atoms with E-state index < -0.39 is 0 Å². The fraction of sp³-hybridized carbons (Fsp3) is 0.692. The Morgan fingerprint density at radius 3 is 2.89 bits per heavy atom. The Bertz CT molecular complexity index is 364. The Hall–Kier alpha value is -1.20. The smallest absolute Gasteiger partial charge is 0.232 e. The van der Waals surface area contributed by atoms with Gasteiger partial charge in [-0.2, -0.15) is 0 Å². The molecule has 5 nitrogen and oxygen atoms in total. The SMILES string of the molecule is CCNCc1cncc(OC2CCN(C)CC2)n1. The molecule has 1 N–H and O–H groups in total. The van der Waals surface area contributed by atoms with Gasteiger partial charge in [0.2, 0.25) is 5.88 Å². The summed E-state index contributed by atoms with van der Waals surface area (Å²) in [7, 11) is 2.15. The normalized spacial score (nSPS) is 17.9. The monoisotopic (exact) mass is 250 g/mol. The van der Waals surface area contributed by atoms with E-state index in [1.165, 1.54) is 0 Å². The van der Waals surface area contributed by atoms with Crippen LogP contribution in [0.2, 0.25) is 0 Å². The van der Waals surface area contributed by atoms with E-state index in [2.05, 4.69) is 34.2 Å². The largest absolute Gasteiger partial charge is 0.473 e. The molecule has 1 fully saturated rings. The lowest BCUT2D eigenvalue weighted by Crippen LogP contribution is -2.35. The number of hydrogen-bond donors (Lipinski definition) is 1. The highest BCUT2D eigenvalue weighted by atomic mass is 16.5. The second-order valence-corrected chi connectivity index (χ2v) is 4.75. The van der Waals surface area contributed by atoms with Crippen LogP contribution < -0.4 is 10.1 Å². The molecule has 1 aromatic rings. The zero-order valence-electron chi connectivity index (χ0n) is 11.2. The van der Waals surface area contributed by atoms with Gasteiger partial charge in [0.1, 0.15) is 6.10 Å². The molecule has 100 valence electrons. The van der Waals surface area contributed by atoms with Crippen molar-refractivity contribution in [3.8, 4) is 5.88 Å². The Balaban J connectivity index is 1.88. The maximum Gasteiger partial charge on any atom is 0.232 e. The summed E-state index contributed by atoms with van der Waals surface area (Å²) in [5, 5.41) is 3.24. The van der Waals surface area contributed by atoms with Gasteiger partial charge in [-0.05, 0) is 26.4 Å². The van der Waals surface area contributed by atoms with Gasteiger partial charge >= 0.3 is 0 Å². The Labute approximate surface area is 109 Å². The minimum absolute atomic E-state index is 0.282. The fourth-order valence-corrected chi connectivity index (χ4v) is 2.05. The van der Waals surface area contributed by atoms with Crippen LogP contribution in [0.25, 0.3) is 0 Å². The van der Waals surface area contributed by atoms with Crippen molar-refractivity contribution >= 4 is 0 Å². The molecule has 0 amide bonds. The van der Waals surface area contributed by atoms with Crippen LogP contribution in [0.3, 0.4) is 0 Å². The first-order valence-electron chi connectivity index (χ1n) is 6.64. The van der Waals surface area contributed by atoms with Crippen molar-refractivity contribution in [3.63, 3.8) is 0 Å². The molecular weight excluding hydrogens is 228 g/mol. The quantitative estimate of drug-likeness (QED) is 0.847. The summed E-state index contributed by atoms with van der Waals surface area (Å²) < 4.78 is 5.90. The molecule has 0 radical (unpaired) electrons. The van der Waals surface area contributed by atoms with Crippen molar-refractivity contribution in [2.24, 2.45) is 0 Å². The summed E-state index contributed by atoms with van der Waals surface area (Å²) in [4.78, 5) is 11.0. The first kappa shape index (κ1) is 13.2. The van der Waals surface area contributed by atoms with Gasteiger partial charge in [-0.15, -0.1) is 0 Å². The molecule has 1 aromatic heterocycles. The lowest BCUT2D eigenvalue weighted by molar-refractivity contribution is 0.109. The molecule has 0 aromatic carbocycles. The maximum atomic E-state index is 5.90. The third kappa shape index (κ3) is 3.92. The number of hydrogen-bond acceptors (Lipinski definition) is 5. The Kier molecular flexibility index (Phi) is 4.90. The number of ether oxygens (including phenoxy) is 1. The zero-order chi connectivity index (χ0) is 12.8. The molecule has 1 aliphatic rings. The van der Waals surface area contributed by atoms with E-state index in [-0.39, 0.29) is 6.10 Å². The number of aromatic nitrogens is 2. The summed E-state index contributed by atoms with van der Waals surface area (Å²) >= 11 is 0. The highest BCUT2D eigenvalue weighted by molar-refractivity contribution is 5.08. The van der Waals surface area contributed by atoms with Gasteiger partial charge in [0.25, 0.3) is 0 Å². The molecule has 1 aliphatic heterocycles. The molecule has 0 unspecified atom stereocenters. The molecule has 0 atom stereocenters. The summed E-state index contributed by atoms with van der Waals surface area (Å²) in [5.41, 5.74) is 0.933. The molecule has 18 heavy (non-hydrogen) atoms. The van der Waals surface area contributed by atoms with E-state index in [1.807, 2.05) is 0 Å². The average molecular weight is 250 g/mol. The minimum atomic E-state index is 0.282. The topological polar surface area (TPSA) is 50.3 Å². The lowest BCUT2D eigenvalue weighted by Gasteiger charge is -2.28. The van der Waals surface area contributed by atoms with E-state index in [9.17, 15) is 0 Å². The standard InChI is InChI=1S/C13H22N4O/c1-3-14-8-11-9-15-10-13(16-11)18-12-4-6-17(2)7-5-12/h9-10,12,14H,3-8H2,1-2H3. The van der Waals surface area contributed by atoms with Gasteiger partial charge in [-0.3, -0.25) is 4.98 Å². The Morgan fingerprint density at radius 2 is 2.17 bits per heavy atom. The highest BCUT2D eigenvalue weighted by Gasteiger charge is 2.18. The lowest BCUT2D eigenvalue weighted by atomic mass is 10.1. The van der Waals surface area contributed by atoms with Crippen LogP contribution in [-0.2, 0) is 6.54 Å². The summed E-state index contributed by atoms with van der Waals surface area (Å²) in [6.45, 7) is 5.94. The van der Waals surface area contributed by atoms with Crippen molar-refractivity contribution in [1.82, 2.24) is 20.2 Å². The van der Waals surface area contributed by atoms with Crippen molar-refractivity contribution in [3.05, 3.63) is 18.1 Å². The van der Waals surface area contributed by atoms with Crippen LogP contribution in [0, 0.1) is 0 Å². The van der Waals surface area contributed by atoms with Crippen LogP contribution in [0.4, 0.5) is 0 Å².